The summed E-state index contributed by atoms with van der Waals surface area (Å²) in [6.07, 6.45) is -1.58. The van der Waals surface area contributed by atoms with Crippen LogP contribution in [-0.4, -0.2) is 29.2 Å². The third-order valence-electron chi connectivity index (χ3n) is 2.26. The summed E-state index contributed by atoms with van der Waals surface area (Å²) >= 11 is 0. The predicted molar refractivity (Wildman–Crippen MR) is 60.3 cm³/mol. The Kier molecular flexibility index (Phi) is 4.63. The topological polar surface area (TPSA) is 66.4 Å². The summed E-state index contributed by atoms with van der Waals surface area (Å²) in [5, 5.41) is 11.1. The van der Waals surface area contributed by atoms with Gasteiger partial charge in [-0.15, -0.1) is 0 Å². The summed E-state index contributed by atoms with van der Waals surface area (Å²) < 4.78 is 12.7. The van der Waals surface area contributed by atoms with Crippen molar-refractivity contribution in [1.82, 2.24) is 5.32 Å². The molecular weight excluding hydrogens is 225 g/mol. The molecule has 1 amide bonds. The largest absolute Gasteiger partial charge is 0.480 e. The molecule has 0 aromatic heterocycles. The lowest BCUT2D eigenvalue weighted by molar-refractivity contribution is -0.142. The summed E-state index contributed by atoms with van der Waals surface area (Å²) in [6, 6.07) is 7.74. The highest BCUT2D eigenvalue weighted by Crippen LogP contribution is 2.04. The highest BCUT2D eigenvalue weighted by Gasteiger charge is 2.22. The van der Waals surface area contributed by atoms with E-state index in [0.717, 1.165) is 12.5 Å². The van der Waals surface area contributed by atoms with Gasteiger partial charge in [-0.3, -0.25) is 4.79 Å². The smallest absolute Gasteiger partial charge is 0.326 e. The van der Waals surface area contributed by atoms with E-state index in [2.05, 4.69) is 5.32 Å². The van der Waals surface area contributed by atoms with Crippen LogP contribution in [0, 0.1) is 0 Å². The average molecular weight is 239 g/mol. The molecular formula is C12H14FNO3. The second-order valence-electron chi connectivity index (χ2n) is 3.71. The van der Waals surface area contributed by atoms with Gasteiger partial charge in [0.1, 0.15) is 6.04 Å². The number of benzene rings is 1. The number of amides is 1. The molecule has 1 rings (SSSR count). The maximum atomic E-state index is 12.7. The fraction of sp³-hybridized carbons (Fsp3) is 0.333. The Labute approximate surface area is 98.5 Å². The first-order valence-electron chi connectivity index (χ1n) is 5.22. The number of carbonyl (C=O) groups excluding carboxylic acids is 1. The fourth-order valence-electron chi connectivity index (χ4n) is 1.34. The zero-order valence-corrected chi connectivity index (χ0v) is 9.39. The first-order chi connectivity index (χ1) is 8.00. The van der Waals surface area contributed by atoms with Gasteiger partial charge in [0.05, 0.1) is 0 Å². The molecule has 0 aliphatic carbocycles. The van der Waals surface area contributed by atoms with E-state index in [1.807, 2.05) is 6.07 Å². The highest BCUT2D eigenvalue weighted by atomic mass is 19.1. The second kappa shape index (κ2) is 5.98. The van der Waals surface area contributed by atoms with E-state index in [9.17, 15) is 14.0 Å². The summed E-state index contributed by atoms with van der Waals surface area (Å²) in [5.41, 5.74) is 0.770. The van der Waals surface area contributed by atoms with Gasteiger partial charge in [0.2, 0.25) is 0 Å². The minimum atomic E-state index is -1.72. The van der Waals surface area contributed by atoms with E-state index >= 15 is 0 Å². The van der Waals surface area contributed by atoms with Crippen LogP contribution in [0.25, 0.3) is 0 Å². The van der Waals surface area contributed by atoms with Crippen molar-refractivity contribution in [3.8, 4) is 0 Å². The molecule has 4 nitrogen and oxygen atoms in total. The molecule has 0 radical (unpaired) electrons. The zero-order chi connectivity index (χ0) is 12.8. The number of halogens is 1. The standard InChI is InChI=1S/C12H14FNO3/c1-8(13)11(15)14-10(12(16)17)7-9-5-3-2-4-6-9/h2-6,8,10H,7H2,1H3,(H,14,15)(H,16,17)/t8-,10-/m0/s1. The molecule has 0 saturated heterocycles. The third kappa shape index (κ3) is 4.22. The Morgan fingerprint density at radius 3 is 2.41 bits per heavy atom. The second-order valence-corrected chi connectivity index (χ2v) is 3.71. The Hall–Kier alpha value is -1.91. The van der Waals surface area contributed by atoms with Crippen molar-refractivity contribution in [1.29, 1.82) is 0 Å². The molecule has 2 atom stereocenters. The average Bonchev–Trinajstić information content (AvgIpc) is 2.29. The number of aliphatic carboxylic acids is 1. The van der Waals surface area contributed by atoms with Gasteiger partial charge in [0.25, 0.3) is 5.91 Å². The number of hydrogen-bond acceptors (Lipinski definition) is 2. The minimum absolute atomic E-state index is 0.134. The number of carboxylic acids is 1. The van der Waals surface area contributed by atoms with Crippen LogP contribution < -0.4 is 5.32 Å². The lowest BCUT2D eigenvalue weighted by Gasteiger charge is -2.14. The van der Waals surface area contributed by atoms with Crippen LogP contribution in [0.4, 0.5) is 4.39 Å². The van der Waals surface area contributed by atoms with Gasteiger partial charge in [0, 0.05) is 6.42 Å². The number of nitrogens with one attached hydrogen (secondary N) is 1. The third-order valence-corrected chi connectivity index (χ3v) is 2.26. The molecule has 0 bridgehead atoms. The van der Waals surface area contributed by atoms with Gasteiger partial charge in [-0.1, -0.05) is 30.3 Å². The lowest BCUT2D eigenvalue weighted by atomic mass is 10.1. The predicted octanol–water partition coefficient (Wildman–Crippen LogP) is 1.16. The monoisotopic (exact) mass is 239 g/mol. The Morgan fingerprint density at radius 1 is 1.35 bits per heavy atom. The number of alkyl halides is 1. The van der Waals surface area contributed by atoms with Crippen molar-refractivity contribution < 1.29 is 19.1 Å². The van der Waals surface area contributed by atoms with Gasteiger partial charge in [-0.2, -0.15) is 0 Å². The van der Waals surface area contributed by atoms with E-state index in [1.54, 1.807) is 24.3 Å². The summed E-state index contributed by atoms with van der Waals surface area (Å²) in [5.74, 6) is -2.09. The van der Waals surface area contributed by atoms with Gasteiger partial charge < -0.3 is 10.4 Å². The maximum absolute atomic E-state index is 12.7. The van der Waals surface area contributed by atoms with Crippen molar-refractivity contribution in [2.24, 2.45) is 0 Å². The molecule has 0 heterocycles. The normalized spacial score (nSPS) is 13.8. The van der Waals surface area contributed by atoms with E-state index in [4.69, 9.17) is 5.11 Å². The van der Waals surface area contributed by atoms with Crippen molar-refractivity contribution in [2.45, 2.75) is 25.6 Å². The van der Waals surface area contributed by atoms with Gasteiger partial charge >= 0.3 is 5.97 Å². The van der Waals surface area contributed by atoms with E-state index in [1.165, 1.54) is 0 Å². The Morgan fingerprint density at radius 2 is 1.94 bits per heavy atom. The molecule has 0 fully saturated rings. The Balaban J connectivity index is 2.68. The molecule has 92 valence electrons. The molecule has 0 aliphatic heterocycles. The van der Waals surface area contributed by atoms with Crippen molar-refractivity contribution in [3.63, 3.8) is 0 Å². The maximum Gasteiger partial charge on any atom is 0.326 e. The molecule has 2 N–H and O–H groups in total. The summed E-state index contributed by atoms with van der Waals surface area (Å²) in [4.78, 5) is 22.0. The molecule has 1 aromatic rings. The number of hydrogen-bond donors (Lipinski definition) is 2. The minimum Gasteiger partial charge on any atom is -0.480 e. The fourth-order valence-corrected chi connectivity index (χ4v) is 1.34. The lowest BCUT2D eigenvalue weighted by Crippen LogP contribution is -2.45. The van der Waals surface area contributed by atoms with E-state index < -0.39 is 24.1 Å². The summed E-state index contributed by atoms with van der Waals surface area (Å²) in [7, 11) is 0. The first kappa shape index (κ1) is 13.2. The quantitative estimate of drug-likeness (QED) is 0.810. The first-order valence-corrected chi connectivity index (χ1v) is 5.22. The number of rotatable bonds is 5. The van der Waals surface area contributed by atoms with Gasteiger partial charge in [-0.25, -0.2) is 9.18 Å². The van der Waals surface area contributed by atoms with Crippen LogP contribution in [0.15, 0.2) is 30.3 Å². The SMILES string of the molecule is C[C@H](F)C(=O)N[C@@H](Cc1ccccc1)C(=O)O. The molecule has 0 spiro atoms. The molecule has 1 aromatic carbocycles. The van der Waals surface area contributed by atoms with Crippen LogP contribution >= 0.6 is 0 Å². The van der Waals surface area contributed by atoms with Crippen LogP contribution in [0.1, 0.15) is 12.5 Å². The molecule has 0 unspecified atom stereocenters. The van der Waals surface area contributed by atoms with Crippen molar-refractivity contribution >= 4 is 11.9 Å². The van der Waals surface area contributed by atoms with E-state index in [0.29, 0.717) is 0 Å². The summed E-state index contributed by atoms with van der Waals surface area (Å²) in [6.45, 7) is 1.07. The van der Waals surface area contributed by atoms with Gasteiger partial charge in [0.15, 0.2) is 6.17 Å². The molecule has 0 aliphatic rings. The molecule has 17 heavy (non-hydrogen) atoms. The zero-order valence-electron chi connectivity index (χ0n) is 9.39. The van der Waals surface area contributed by atoms with Crippen LogP contribution in [-0.2, 0) is 16.0 Å². The molecule has 5 heteroatoms. The Bertz CT molecular complexity index is 392. The van der Waals surface area contributed by atoms with Crippen LogP contribution in [0.2, 0.25) is 0 Å². The van der Waals surface area contributed by atoms with Crippen LogP contribution in [0.5, 0.6) is 0 Å². The van der Waals surface area contributed by atoms with Crippen molar-refractivity contribution in [3.05, 3.63) is 35.9 Å². The van der Waals surface area contributed by atoms with Crippen molar-refractivity contribution in [2.75, 3.05) is 0 Å². The highest BCUT2D eigenvalue weighted by molar-refractivity contribution is 5.86. The van der Waals surface area contributed by atoms with E-state index in [-0.39, 0.29) is 6.42 Å². The van der Waals surface area contributed by atoms with Gasteiger partial charge in [-0.05, 0) is 12.5 Å². The number of carbonyl (C=O) groups is 2. The number of carboxylic acid groups (broad SMARTS) is 1. The van der Waals surface area contributed by atoms with Crippen LogP contribution in [0.3, 0.4) is 0 Å². The molecule has 0 saturated carbocycles.